The Kier molecular flexibility index (Phi) is 6.39. The number of aliphatic imine (C=N–C) groups is 1. The van der Waals surface area contributed by atoms with Gasteiger partial charge in [0.2, 0.25) is 5.88 Å². The highest BCUT2D eigenvalue weighted by atomic mass is 19.4. The van der Waals surface area contributed by atoms with Gasteiger partial charge in [-0.2, -0.15) is 13.2 Å². The molecule has 2 aromatic rings. The summed E-state index contributed by atoms with van der Waals surface area (Å²) < 4.78 is 46.1. The number of anilines is 1. The molecule has 27 heavy (non-hydrogen) atoms. The van der Waals surface area contributed by atoms with Crippen molar-refractivity contribution >= 4 is 11.4 Å². The molecule has 0 aliphatic carbocycles. The summed E-state index contributed by atoms with van der Waals surface area (Å²) in [5.74, 6) is -0.568. The Morgan fingerprint density at radius 2 is 1.70 bits per heavy atom. The number of aromatic nitrogens is 1. The molecule has 0 atom stereocenters. The first kappa shape index (κ1) is 20.2. The molecule has 7 heteroatoms. The Morgan fingerprint density at radius 1 is 1.11 bits per heavy atom. The zero-order valence-electron chi connectivity index (χ0n) is 15.3. The quantitative estimate of drug-likeness (QED) is 0.426. The first-order chi connectivity index (χ1) is 12.7. The molecule has 0 fully saturated rings. The van der Waals surface area contributed by atoms with Crippen molar-refractivity contribution in [2.75, 3.05) is 12.4 Å². The summed E-state index contributed by atoms with van der Waals surface area (Å²) in [4.78, 5) is 7.91. The lowest BCUT2D eigenvalue weighted by Gasteiger charge is -2.18. The molecule has 0 aliphatic rings. The van der Waals surface area contributed by atoms with Gasteiger partial charge in [-0.3, -0.25) is 4.98 Å². The normalized spacial score (nSPS) is 13.0. The van der Waals surface area contributed by atoms with E-state index < -0.39 is 17.6 Å². The van der Waals surface area contributed by atoms with Gasteiger partial charge in [-0.05, 0) is 43.7 Å². The Morgan fingerprint density at radius 3 is 2.22 bits per heavy atom. The van der Waals surface area contributed by atoms with Crippen molar-refractivity contribution in [1.29, 1.82) is 0 Å². The standard InChI is InChI=1S/C20H20F3N3O/c1-13-5-7-17(8-6-13)25-15(3)18(20(21,22)23)19(27-4)26-14(2)16-9-11-24-12-10-16/h5-12,25H,3H2,1-2,4H3/b19-18-,26-14+. The molecule has 0 radical (unpaired) electrons. The molecule has 0 amide bonds. The van der Waals surface area contributed by atoms with Crippen LogP contribution in [0.1, 0.15) is 18.1 Å². The van der Waals surface area contributed by atoms with Crippen LogP contribution in [0, 0.1) is 6.92 Å². The minimum atomic E-state index is -4.71. The van der Waals surface area contributed by atoms with Crippen molar-refractivity contribution in [2.45, 2.75) is 20.0 Å². The third kappa shape index (κ3) is 5.44. The number of aryl methyl sites for hydroxylation is 1. The fourth-order valence-electron chi connectivity index (χ4n) is 2.31. The van der Waals surface area contributed by atoms with E-state index in [0.29, 0.717) is 17.0 Å². The number of benzene rings is 1. The number of allylic oxidation sites excluding steroid dienone is 1. The second-order valence-corrected chi connectivity index (χ2v) is 5.78. The van der Waals surface area contributed by atoms with Crippen molar-refractivity contribution in [3.8, 4) is 0 Å². The van der Waals surface area contributed by atoms with Gasteiger partial charge in [0.15, 0.2) is 0 Å². The Labute approximate surface area is 156 Å². The highest BCUT2D eigenvalue weighted by molar-refractivity contribution is 5.99. The van der Waals surface area contributed by atoms with Crippen molar-refractivity contribution < 1.29 is 17.9 Å². The zero-order chi connectivity index (χ0) is 20.0. The Bertz CT molecular complexity index is 854. The van der Waals surface area contributed by atoms with Crippen molar-refractivity contribution in [2.24, 2.45) is 4.99 Å². The molecule has 4 nitrogen and oxygen atoms in total. The van der Waals surface area contributed by atoms with Gasteiger partial charge in [-0.1, -0.05) is 24.3 Å². The molecule has 142 valence electrons. The third-order valence-electron chi connectivity index (χ3n) is 3.71. The Balaban J connectivity index is 2.44. The second kappa shape index (κ2) is 8.53. The van der Waals surface area contributed by atoms with Crippen molar-refractivity contribution in [1.82, 2.24) is 4.98 Å². The molecule has 0 saturated carbocycles. The lowest BCUT2D eigenvalue weighted by Crippen LogP contribution is -2.20. The van der Waals surface area contributed by atoms with Crippen LogP contribution in [0.15, 0.2) is 77.5 Å². The van der Waals surface area contributed by atoms with Gasteiger partial charge in [0.1, 0.15) is 5.57 Å². The SMILES string of the molecule is C=C(Nc1ccc(C)cc1)/C(=C(\N=C(/C)c1ccncc1)OC)C(F)(F)F. The molecule has 1 aromatic carbocycles. The summed E-state index contributed by atoms with van der Waals surface area (Å²) in [6.45, 7) is 7.02. The van der Waals surface area contributed by atoms with E-state index >= 15 is 0 Å². The first-order valence-electron chi connectivity index (χ1n) is 8.06. The second-order valence-electron chi connectivity index (χ2n) is 5.78. The minimum Gasteiger partial charge on any atom is -0.480 e. The number of hydrogen-bond acceptors (Lipinski definition) is 4. The largest absolute Gasteiger partial charge is 0.480 e. The number of rotatable bonds is 6. The lowest BCUT2D eigenvalue weighted by atomic mass is 10.1. The average Bonchev–Trinajstić information content (AvgIpc) is 2.62. The minimum absolute atomic E-state index is 0.352. The molecule has 1 aromatic heterocycles. The maximum absolute atomic E-state index is 13.7. The summed E-state index contributed by atoms with van der Waals surface area (Å²) >= 11 is 0. The number of halogens is 3. The molecule has 0 unspecified atom stereocenters. The lowest BCUT2D eigenvalue weighted by molar-refractivity contribution is -0.0923. The van der Waals surface area contributed by atoms with E-state index in [4.69, 9.17) is 4.74 Å². The van der Waals surface area contributed by atoms with E-state index in [1.165, 1.54) is 12.4 Å². The van der Waals surface area contributed by atoms with Crippen LogP contribution in [0.4, 0.5) is 18.9 Å². The fraction of sp³-hybridized carbons (Fsp3) is 0.200. The number of alkyl halides is 3. The average molecular weight is 375 g/mol. The maximum atomic E-state index is 13.7. The van der Waals surface area contributed by atoms with E-state index in [9.17, 15) is 13.2 Å². The van der Waals surface area contributed by atoms with Crippen LogP contribution in [-0.2, 0) is 4.74 Å². The van der Waals surface area contributed by atoms with E-state index in [1.807, 2.05) is 6.92 Å². The number of methoxy groups -OCH3 is 1. The maximum Gasteiger partial charge on any atom is 0.423 e. The summed E-state index contributed by atoms with van der Waals surface area (Å²) in [5.41, 5.74) is 1.05. The number of pyridine rings is 1. The highest BCUT2D eigenvalue weighted by Crippen LogP contribution is 2.34. The molecule has 0 spiro atoms. The van der Waals surface area contributed by atoms with Crippen LogP contribution < -0.4 is 5.32 Å². The summed E-state index contributed by atoms with van der Waals surface area (Å²) in [6, 6.07) is 10.2. The molecule has 1 heterocycles. The van der Waals surface area contributed by atoms with Crippen LogP contribution in [0.2, 0.25) is 0 Å². The van der Waals surface area contributed by atoms with Gasteiger partial charge in [-0.25, -0.2) is 4.99 Å². The molecular weight excluding hydrogens is 355 g/mol. The van der Waals surface area contributed by atoms with E-state index in [0.717, 1.165) is 12.7 Å². The van der Waals surface area contributed by atoms with Crippen molar-refractivity contribution in [3.63, 3.8) is 0 Å². The number of nitrogens with one attached hydrogen (secondary N) is 1. The van der Waals surface area contributed by atoms with Crippen LogP contribution in [0.5, 0.6) is 0 Å². The van der Waals surface area contributed by atoms with Crippen LogP contribution >= 0.6 is 0 Å². The van der Waals surface area contributed by atoms with E-state index in [-0.39, 0.29) is 5.70 Å². The summed E-state index contributed by atoms with van der Waals surface area (Å²) in [5, 5.41) is 2.67. The van der Waals surface area contributed by atoms with Gasteiger partial charge < -0.3 is 10.1 Å². The van der Waals surface area contributed by atoms with E-state index in [2.05, 4.69) is 21.9 Å². The van der Waals surface area contributed by atoms with Gasteiger partial charge in [0.05, 0.1) is 7.11 Å². The topological polar surface area (TPSA) is 46.5 Å². The van der Waals surface area contributed by atoms with Crippen LogP contribution in [-0.4, -0.2) is 24.0 Å². The first-order valence-corrected chi connectivity index (χ1v) is 8.06. The summed E-state index contributed by atoms with van der Waals surface area (Å²) in [7, 11) is 1.14. The van der Waals surface area contributed by atoms with Gasteiger partial charge in [0, 0.05) is 29.5 Å². The molecular formula is C20H20F3N3O. The monoisotopic (exact) mass is 375 g/mol. The summed E-state index contributed by atoms with van der Waals surface area (Å²) in [6.07, 6.45) is -1.64. The molecule has 0 bridgehead atoms. The molecule has 2 rings (SSSR count). The van der Waals surface area contributed by atoms with Crippen molar-refractivity contribution in [3.05, 3.63) is 83.7 Å². The van der Waals surface area contributed by atoms with E-state index in [1.54, 1.807) is 43.3 Å². The highest BCUT2D eigenvalue weighted by Gasteiger charge is 2.40. The predicted octanol–water partition coefficient (Wildman–Crippen LogP) is 5.25. The van der Waals surface area contributed by atoms with Gasteiger partial charge in [-0.15, -0.1) is 0 Å². The fourth-order valence-corrected chi connectivity index (χ4v) is 2.31. The van der Waals surface area contributed by atoms with Crippen LogP contribution in [0.3, 0.4) is 0 Å². The number of nitrogens with zero attached hydrogens (tertiary/aromatic N) is 2. The Hall–Kier alpha value is -3.09. The van der Waals surface area contributed by atoms with Gasteiger partial charge in [0.25, 0.3) is 0 Å². The molecule has 0 saturated heterocycles. The molecule has 1 N–H and O–H groups in total. The zero-order valence-corrected chi connectivity index (χ0v) is 15.3. The smallest absolute Gasteiger partial charge is 0.423 e. The molecule has 0 aliphatic heterocycles. The van der Waals surface area contributed by atoms with Gasteiger partial charge >= 0.3 is 6.18 Å². The van der Waals surface area contributed by atoms with Crippen LogP contribution in [0.25, 0.3) is 0 Å². The predicted molar refractivity (Wildman–Crippen MR) is 100 cm³/mol. The third-order valence-corrected chi connectivity index (χ3v) is 3.71. The number of hydrogen-bond donors (Lipinski definition) is 1. The number of ether oxygens (including phenoxy) is 1.